The number of ether oxygens (including phenoxy) is 1. The highest BCUT2D eigenvalue weighted by atomic mass is 16.5. The fourth-order valence-electron chi connectivity index (χ4n) is 10.0. The van der Waals surface area contributed by atoms with Gasteiger partial charge in [-0.1, -0.05) is 32.9 Å². The second kappa shape index (κ2) is 8.52. The lowest BCUT2D eigenvalue weighted by Crippen LogP contribution is -2.64. The van der Waals surface area contributed by atoms with Crippen molar-refractivity contribution in [2.24, 2.45) is 45.3 Å². The number of aliphatic hydroxyl groups excluding tert-OH is 1. The van der Waals surface area contributed by atoms with Crippen LogP contribution in [-0.4, -0.2) is 35.5 Å². The third kappa shape index (κ3) is 3.33. The minimum atomic E-state index is -0.730. The van der Waals surface area contributed by atoms with Gasteiger partial charge in [0, 0.05) is 18.9 Å². The second-order valence-electron chi connectivity index (χ2n) is 12.6. The number of carboxylic acids is 1. The number of hydrogen-bond donors (Lipinski definition) is 2. The lowest BCUT2D eigenvalue weighted by Gasteiger charge is -2.67. The molecule has 10 atom stereocenters. The highest BCUT2D eigenvalue weighted by Gasteiger charge is 2.68. The van der Waals surface area contributed by atoms with Gasteiger partial charge in [0.1, 0.15) is 0 Å². The molecule has 4 fully saturated rings. The fourth-order valence-corrected chi connectivity index (χ4v) is 10.0. The molecule has 0 radical (unpaired) electrons. The maximum absolute atomic E-state index is 11.4. The van der Waals surface area contributed by atoms with E-state index in [9.17, 15) is 15.0 Å². The zero-order valence-electron chi connectivity index (χ0n) is 21.3. The minimum absolute atomic E-state index is 0.00753. The Balaban J connectivity index is 1.70. The standard InChI is InChI=1S/C29H46O4/c1-7-19(9-10-25(31)32)29(8-2)16-13-23-21-17-24(33-6)28(5)18-20(30)11-14-26(28,3)22(21)12-15-27(23,29)4/h7-8,19-24,30H,1-2,9-18H2,3-6H3,(H,31,32)/t19-,20-,21-,22?,23?,24-,26-,27+,28+,29-/m1/s1. The predicted molar refractivity (Wildman–Crippen MR) is 132 cm³/mol. The SMILES string of the molecule is C=C[C@H](CCC(=O)O)[C@@]1(C=C)CCC2[C@@H]3C[C@@H](OC)[C@]4(C)C[C@H](O)CC[C@]4(C)C3CC[C@@]21C. The van der Waals surface area contributed by atoms with Crippen LogP contribution in [0.2, 0.25) is 0 Å². The number of carbonyl (C=O) groups is 1. The van der Waals surface area contributed by atoms with Crippen LogP contribution in [-0.2, 0) is 9.53 Å². The van der Waals surface area contributed by atoms with Gasteiger partial charge >= 0.3 is 5.97 Å². The summed E-state index contributed by atoms with van der Waals surface area (Å²) in [6.07, 6.45) is 13.5. The van der Waals surface area contributed by atoms with E-state index in [0.29, 0.717) is 24.2 Å². The molecule has 0 amide bonds. The van der Waals surface area contributed by atoms with E-state index in [4.69, 9.17) is 4.74 Å². The molecule has 0 bridgehead atoms. The molecular formula is C29H46O4. The van der Waals surface area contributed by atoms with Crippen LogP contribution in [0.15, 0.2) is 25.3 Å². The quantitative estimate of drug-likeness (QED) is 0.443. The summed E-state index contributed by atoms with van der Waals surface area (Å²) in [5.74, 6) is 1.26. The summed E-state index contributed by atoms with van der Waals surface area (Å²) in [6, 6.07) is 0. The van der Waals surface area contributed by atoms with Gasteiger partial charge in [-0.05, 0) is 97.7 Å². The molecule has 4 saturated carbocycles. The molecular weight excluding hydrogens is 412 g/mol. The van der Waals surface area contributed by atoms with Crippen LogP contribution in [0.4, 0.5) is 0 Å². The van der Waals surface area contributed by atoms with Crippen molar-refractivity contribution in [2.75, 3.05) is 7.11 Å². The molecule has 0 aliphatic heterocycles. The third-order valence-electron chi connectivity index (χ3n) is 12.0. The Kier molecular flexibility index (Phi) is 6.45. The molecule has 0 saturated heterocycles. The smallest absolute Gasteiger partial charge is 0.303 e. The number of methoxy groups -OCH3 is 1. The highest BCUT2D eigenvalue weighted by molar-refractivity contribution is 5.66. The number of aliphatic hydroxyl groups is 1. The lowest BCUT2D eigenvalue weighted by atomic mass is 9.38. The molecule has 0 aromatic carbocycles. The van der Waals surface area contributed by atoms with E-state index in [1.165, 1.54) is 12.8 Å². The average Bonchev–Trinajstić information content (AvgIpc) is 3.08. The first-order valence-electron chi connectivity index (χ1n) is 13.2. The second-order valence-corrected chi connectivity index (χ2v) is 12.6. The van der Waals surface area contributed by atoms with Gasteiger partial charge in [-0.2, -0.15) is 0 Å². The van der Waals surface area contributed by atoms with Crippen LogP contribution < -0.4 is 0 Å². The summed E-state index contributed by atoms with van der Waals surface area (Å²) in [4.78, 5) is 11.4. The van der Waals surface area contributed by atoms with E-state index in [-0.39, 0.29) is 46.2 Å². The first kappa shape index (κ1) is 25.0. The molecule has 4 rings (SSSR count). The number of rotatable bonds is 7. The van der Waals surface area contributed by atoms with Gasteiger partial charge < -0.3 is 14.9 Å². The molecule has 0 heterocycles. The highest BCUT2D eigenvalue weighted by Crippen LogP contribution is 2.74. The molecule has 0 aromatic rings. The van der Waals surface area contributed by atoms with Gasteiger partial charge in [0.2, 0.25) is 0 Å². The minimum Gasteiger partial charge on any atom is -0.481 e. The van der Waals surface area contributed by atoms with Gasteiger partial charge in [0.05, 0.1) is 12.2 Å². The molecule has 4 aliphatic carbocycles. The van der Waals surface area contributed by atoms with E-state index in [2.05, 4.69) is 40.0 Å². The number of carboxylic acid groups (broad SMARTS) is 1. The van der Waals surface area contributed by atoms with Gasteiger partial charge in [-0.15, -0.1) is 13.2 Å². The molecule has 0 aromatic heterocycles. The van der Waals surface area contributed by atoms with Crippen molar-refractivity contribution in [3.05, 3.63) is 25.3 Å². The van der Waals surface area contributed by atoms with Gasteiger partial charge in [0.15, 0.2) is 0 Å². The summed E-state index contributed by atoms with van der Waals surface area (Å²) in [5, 5.41) is 19.9. The summed E-state index contributed by atoms with van der Waals surface area (Å²) >= 11 is 0. The van der Waals surface area contributed by atoms with Crippen molar-refractivity contribution in [1.29, 1.82) is 0 Å². The first-order valence-corrected chi connectivity index (χ1v) is 13.2. The van der Waals surface area contributed by atoms with Crippen molar-refractivity contribution < 1.29 is 19.7 Å². The van der Waals surface area contributed by atoms with Crippen molar-refractivity contribution >= 4 is 5.97 Å². The zero-order chi connectivity index (χ0) is 24.2. The van der Waals surface area contributed by atoms with Crippen molar-refractivity contribution in [2.45, 2.75) is 97.2 Å². The molecule has 33 heavy (non-hydrogen) atoms. The van der Waals surface area contributed by atoms with Crippen molar-refractivity contribution in [3.63, 3.8) is 0 Å². The topological polar surface area (TPSA) is 66.8 Å². The summed E-state index contributed by atoms with van der Waals surface area (Å²) < 4.78 is 6.21. The molecule has 2 N–H and O–H groups in total. The van der Waals surface area contributed by atoms with Crippen molar-refractivity contribution in [3.8, 4) is 0 Å². The fraction of sp³-hybridized carbons (Fsp3) is 0.828. The monoisotopic (exact) mass is 458 g/mol. The Bertz CT molecular complexity index is 792. The molecule has 4 nitrogen and oxygen atoms in total. The van der Waals surface area contributed by atoms with E-state index >= 15 is 0 Å². The number of hydrogen-bond acceptors (Lipinski definition) is 3. The third-order valence-corrected chi connectivity index (χ3v) is 12.0. The number of fused-ring (bicyclic) bond motifs is 5. The first-order chi connectivity index (χ1) is 15.5. The molecule has 4 heteroatoms. The maximum Gasteiger partial charge on any atom is 0.303 e. The van der Waals surface area contributed by atoms with E-state index in [0.717, 1.165) is 38.5 Å². The predicted octanol–water partition coefficient (Wildman–Crippen LogP) is 6.24. The normalized spacial score (nSPS) is 49.9. The molecule has 0 spiro atoms. The Hall–Kier alpha value is -1.13. The van der Waals surface area contributed by atoms with Crippen LogP contribution in [0.25, 0.3) is 0 Å². The maximum atomic E-state index is 11.4. The molecule has 4 aliphatic rings. The van der Waals surface area contributed by atoms with Crippen LogP contribution in [0.1, 0.15) is 85.0 Å². The molecule has 186 valence electrons. The summed E-state index contributed by atoms with van der Waals surface area (Å²) in [6.45, 7) is 15.8. The van der Waals surface area contributed by atoms with E-state index in [1.807, 2.05) is 13.2 Å². The zero-order valence-corrected chi connectivity index (χ0v) is 21.3. The molecule has 2 unspecified atom stereocenters. The van der Waals surface area contributed by atoms with Crippen LogP contribution in [0, 0.1) is 45.3 Å². The average molecular weight is 459 g/mol. The van der Waals surface area contributed by atoms with E-state index < -0.39 is 5.97 Å². The number of aliphatic carboxylic acids is 1. The van der Waals surface area contributed by atoms with Gasteiger partial charge in [0.25, 0.3) is 0 Å². The van der Waals surface area contributed by atoms with Crippen LogP contribution >= 0.6 is 0 Å². The Morgan fingerprint density at radius 1 is 1.06 bits per heavy atom. The van der Waals surface area contributed by atoms with Crippen LogP contribution in [0.5, 0.6) is 0 Å². The van der Waals surface area contributed by atoms with E-state index in [1.54, 1.807) is 0 Å². The van der Waals surface area contributed by atoms with Crippen LogP contribution in [0.3, 0.4) is 0 Å². The summed E-state index contributed by atoms with van der Waals surface area (Å²) in [7, 11) is 1.86. The van der Waals surface area contributed by atoms with Crippen molar-refractivity contribution in [1.82, 2.24) is 0 Å². The number of allylic oxidation sites excluding steroid dienone is 2. The Labute approximate surface area is 200 Å². The largest absolute Gasteiger partial charge is 0.481 e. The Morgan fingerprint density at radius 3 is 2.30 bits per heavy atom. The van der Waals surface area contributed by atoms with Gasteiger partial charge in [-0.25, -0.2) is 0 Å². The Morgan fingerprint density at radius 2 is 1.70 bits per heavy atom. The lowest BCUT2D eigenvalue weighted by molar-refractivity contribution is -0.228. The summed E-state index contributed by atoms with van der Waals surface area (Å²) in [5.41, 5.74) is 0.196. The van der Waals surface area contributed by atoms with Gasteiger partial charge in [-0.3, -0.25) is 4.79 Å².